The largest absolute Gasteiger partial charge is 0.128 e. The zero-order chi connectivity index (χ0) is 15.5. The van der Waals surface area contributed by atoms with E-state index >= 15 is 0 Å². The van der Waals surface area contributed by atoms with Crippen LogP contribution < -0.4 is 0 Å². The molecule has 2 atom stereocenters. The second-order valence-corrected chi connectivity index (χ2v) is 7.39. The third kappa shape index (κ3) is 7.22. The molecule has 0 saturated heterocycles. The van der Waals surface area contributed by atoms with Crippen LogP contribution in [0.5, 0.6) is 0 Å². The van der Waals surface area contributed by atoms with Gasteiger partial charge in [-0.2, -0.15) is 0 Å². The Morgan fingerprint density at radius 1 is 1.48 bits per heavy atom. The van der Waals surface area contributed by atoms with Gasteiger partial charge < -0.3 is 0 Å². The third-order valence-electron chi connectivity index (χ3n) is 4.19. The zero-order valence-electron chi connectivity index (χ0n) is 14.1. The van der Waals surface area contributed by atoms with E-state index in [2.05, 4.69) is 63.4 Å². The summed E-state index contributed by atoms with van der Waals surface area (Å²) in [6.07, 6.45) is 19.9. The molecule has 0 aromatic rings. The second kappa shape index (κ2) is 11.0. The highest BCUT2D eigenvalue weighted by Gasteiger charge is 2.18. The predicted octanol–water partition coefficient (Wildman–Crippen LogP) is 7.06. The Bertz CT molecular complexity index is 387. The van der Waals surface area contributed by atoms with Crippen LogP contribution in [-0.2, 0) is 0 Å². The molecule has 0 nitrogen and oxygen atoms in total. The summed E-state index contributed by atoms with van der Waals surface area (Å²) >= 11 is 2.12. The highest BCUT2D eigenvalue weighted by Crippen LogP contribution is 2.38. The highest BCUT2D eigenvalue weighted by molar-refractivity contribution is 8.03. The molecule has 0 N–H and O–H groups in total. The lowest BCUT2D eigenvalue weighted by Gasteiger charge is -2.25. The van der Waals surface area contributed by atoms with Crippen molar-refractivity contribution in [3.05, 3.63) is 47.4 Å². The molecule has 0 bridgehead atoms. The summed E-state index contributed by atoms with van der Waals surface area (Å²) < 4.78 is 0. The summed E-state index contributed by atoms with van der Waals surface area (Å²) in [4.78, 5) is 1.67. The first-order valence-corrected chi connectivity index (χ1v) is 9.44. The molecule has 1 heteroatoms. The van der Waals surface area contributed by atoms with E-state index in [-0.39, 0.29) is 0 Å². The lowest BCUT2D eigenvalue weighted by Crippen LogP contribution is -2.08. The van der Waals surface area contributed by atoms with Crippen LogP contribution >= 0.6 is 11.8 Å². The van der Waals surface area contributed by atoms with E-state index in [1.54, 1.807) is 4.91 Å². The molecule has 2 unspecified atom stereocenters. The fraction of sp³-hybridized carbons (Fsp3) is 0.600. The molecule has 0 spiro atoms. The Morgan fingerprint density at radius 3 is 2.90 bits per heavy atom. The van der Waals surface area contributed by atoms with Gasteiger partial charge in [-0.25, -0.2) is 0 Å². The first-order chi connectivity index (χ1) is 10.2. The maximum atomic E-state index is 3.83. The van der Waals surface area contributed by atoms with E-state index in [0.29, 0.717) is 0 Å². The van der Waals surface area contributed by atoms with Crippen molar-refractivity contribution in [1.82, 2.24) is 0 Å². The van der Waals surface area contributed by atoms with Crippen LogP contribution in [-0.4, -0.2) is 5.25 Å². The monoisotopic (exact) mass is 304 g/mol. The van der Waals surface area contributed by atoms with Gasteiger partial charge >= 0.3 is 0 Å². The summed E-state index contributed by atoms with van der Waals surface area (Å²) in [5.41, 5.74) is 1.32. The van der Waals surface area contributed by atoms with Gasteiger partial charge in [0.05, 0.1) is 0 Å². The van der Waals surface area contributed by atoms with Crippen LogP contribution in [0.2, 0.25) is 0 Å². The van der Waals surface area contributed by atoms with E-state index < -0.39 is 0 Å². The standard InChI is InChI=1S/C20H32S/c1-5-18(6-2)14-10-8-9-11-15-19(7-3)20-16-12-13-17(4)21-20/h5,8,10,14,16-17,19H,1,6-7,9,11-13,15H2,2-4H3/b10-8-,18-14-. The number of rotatable bonds is 9. The summed E-state index contributed by atoms with van der Waals surface area (Å²) in [5.74, 6) is 0.793. The molecule has 1 rings (SSSR count). The third-order valence-corrected chi connectivity index (χ3v) is 5.60. The fourth-order valence-corrected chi connectivity index (χ4v) is 4.12. The first kappa shape index (κ1) is 18.4. The number of thioether (sulfide) groups is 1. The molecule has 1 aliphatic heterocycles. The SMILES string of the molecule is C=C/C(=C/C=C\CCCC(CC)C1=CCCC(C)S1)CC. The van der Waals surface area contributed by atoms with Crippen LogP contribution in [0.1, 0.15) is 65.7 Å². The Morgan fingerprint density at radius 2 is 2.29 bits per heavy atom. The molecular formula is C20H32S. The van der Waals surface area contributed by atoms with Gasteiger partial charge in [0.2, 0.25) is 0 Å². The molecule has 1 heterocycles. The Labute approximate surface area is 136 Å². The molecule has 0 saturated carbocycles. The van der Waals surface area contributed by atoms with Crippen molar-refractivity contribution in [3.63, 3.8) is 0 Å². The molecule has 0 fully saturated rings. The minimum Gasteiger partial charge on any atom is -0.128 e. The maximum absolute atomic E-state index is 3.83. The van der Waals surface area contributed by atoms with Crippen LogP contribution in [0.15, 0.2) is 47.4 Å². The topological polar surface area (TPSA) is 0 Å². The van der Waals surface area contributed by atoms with E-state index in [9.17, 15) is 0 Å². The van der Waals surface area contributed by atoms with E-state index in [0.717, 1.165) is 17.6 Å². The first-order valence-electron chi connectivity index (χ1n) is 8.56. The summed E-state index contributed by atoms with van der Waals surface area (Å²) in [6.45, 7) is 10.7. The van der Waals surface area contributed by atoms with Gasteiger partial charge in [-0.15, -0.1) is 11.8 Å². The van der Waals surface area contributed by atoms with Gasteiger partial charge in [-0.05, 0) is 61.3 Å². The minimum atomic E-state index is 0.793. The molecule has 0 aromatic heterocycles. The fourth-order valence-electron chi connectivity index (χ4n) is 2.71. The molecule has 0 aromatic carbocycles. The van der Waals surface area contributed by atoms with Crippen LogP contribution in [0.25, 0.3) is 0 Å². The molecule has 0 amide bonds. The van der Waals surface area contributed by atoms with Crippen molar-refractivity contribution in [2.75, 3.05) is 0 Å². The van der Waals surface area contributed by atoms with Crippen molar-refractivity contribution >= 4 is 11.8 Å². The Hall–Kier alpha value is -0.690. The molecule has 1 aliphatic rings. The van der Waals surface area contributed by atoms with Gasteiger partial charge in [-0.3, -0.25) is 0 Å². The highest BCUT2D eigenvalue weighted by atomic mass is 32.2. The van der Waals surface area contributed by atoms with Crippen LogP contribution in [0, 0.1) is 5.92 Å². The summed E-state index contributed by atoms with van der Waals surface area (Å²) in [5, 5.41) is 0.815. The number of unbranched alkanes of at least 4 members (excludes halogenated alkanes) is 1. The zero-order valence-corrected chi connectivity index (χ0v) is 14.9. The molecular weight excluding hydrogens is 272 g/mol. The smallest absolute Gasteiger partial charge is 0.00658 e. The minimum absolute atomic E-state index is 0.793. The number of allylic oxidation sites excluding steroid dienone is 7. The molecule has 21 heavy (non-hydrogen) atoms. The molecule has 118 valence electrons. The molecule has 0 radical (unpaired) electrons. The summed E-state index contributed by atoms with van der Waals surface area (Å²) in [7, 11) is 0. The predicted molar refractivity (Wildman–Crippen MR) is 99.7 cm³/mol. The van der Waals surface area contributed by atoms with Crippen molar-refractivity contribution in [1.29, 1.82) is 0 Å². The van der Waals surface area contributed by atoms with Crippen molar-refractivity contribution in [2.24, 2.45) is 5.92 Å². The van der Waals surface area contributed by atoms with E-state index in [1.807, 2.05) is 6.08 Å². The number of hydrogen-bond donors (Lipinski definition) is 0. The second-order valence-electron chi connectivity index (χ2n) is 5.88. The normalized spacial score (nSPS) is 21.4. The van der Waals surface area contributed by atoms with Crippen molar-refractivity contribution in [2.45, 2.75) is 71.0 Å². The summed E-state index contributed by atoms with van der Waals surface area (Å²) in [6, 6.07) is 0. The van der Waals surface area contributed by atoms with Gasteiger partial charge in [0.1, 0.15) is 0 Å². The van der Waals surface area contributed by atoms with E-state index in [4.69, 9.17) is 0 Å². The van der Waals surface area contributed by atoms with Crippen LogP contribution in [0.4, 0.5) is 0 Å². The van der Waals surface area contributed by atoms with Crippen molar-refractivity contribution in [3.8, 4) is 0 Å². The lowest BCUT2D eigenvalue weighted by atomic mass is 9.97. The van der Waals surface area contributed by atoms with Gasteiger partial charge in [0.25, 0.3) is 0 Å². The Kier molecular flexibility index (Phi) is 9.58. The average Bonchev–Trinajstić information content (AvgIpc) is 2.50. The maximum Gasteiger partial charge on any atom is 0.00658 e. The Balaban J connectivity index is 2.33. The lowest BCUT2D eigenvalue weighted by molar-refractivity contribution is 0.537. The van der Waals surface area contributed by atoms with E-state index in [1.165, 1.54) is 44.1 Å². The number of hydrogen-bond acceptors (Lipinski definition) is 1. The quantitative estimate of drug-likeness (QED) is 0.324. The van der Waals surface area contributed by atoms with Crippen LogP contribution in [0.3, 0.4) is 0 Å². The molecule has 0 aliphatic carbocycles. The van der Waals surface area contributed by atoms with Crippen molar-refractivity contribution < 1.29 is 0 Å². The van der Waals surface area contributed by atoms with Gasteiger partial charge in [-0.1, -0.05) is 57.7 Å². The average molecular weight is 305 g/mol. The van der Waals surface area contributed by atoms with Gasteiger partial charge in [0.15, 0.2) is 0 Å². The van der Waals surface area contributed by atoms with Gasteiger partial charge in [0, 0.05) is 5.25 Å².